The van der Waals surface area contributed by atoms with Crippen molar-refractivity contribution in [2.75, 3.05) is 26.2 Å². The number of fused-ring (bicyclic) bond motifs is 1. The number of piperidine rings is 1. The van der Waals surface area contributed by atoms with E-state index in [-0.39, 0.29) is 61.1 Å². The fourth-order valence-corrected chi connectivity index (χ4v) is 6.75. The van der Waals surface area contributed by atoms with Crippen molar-refractivity contribution in [2.24, 2.45) is 5.92 Å². The molecule has 0 saturated carbocycles. The van der Waals surface area contributed by atoms with Gasteiger partial charge < -0.3 is 30.1 Å². The van der Waals surface area contributed by atoms with Gasteiger partial charge in [0, 0.05) is 26.1 Å². The Bertz CT molecular complexity index is 1960. The summed E-state index contributed by atoms with van der Waals surface area (Å²) in [5.74, 6) is -1.39. The van der Waals surface area contributed by atoms with Crippen molar-refractivity contribution >= 4 is 53.2 Å². The number of hydrogen-bond donors (Lipinski definition) is 4. The molecule has 3 aromatic rings. The largest absolute Gasteiger partial charge is 0.490 e. The number of imide groups is 2. The third kappa shape index (κ3) is 15.5. The molecule has 2 saturated heterocycles. The Morgan fingerprint density at radius 2 is 1.70 bits per heavy atom. The van der Waals surface area contributed by atoms with Crippen molar-refractivity contribution in [1.29, 1.82) is 0 Å². The molecule has 61 heavy (non-hydrogen) atoms. The lowest BCUT2D eigenvalue weighted by Gasteiger charge is -2.27. The number of ether oxygens (including phenoxy) is 2. The Kier molecular flexibility index (Phi) is 20.2. The van der Waals surface area contributed by atoms with Gasteiger partial charge in [-0.2, -0.15) is 0 Å². The number of β-amino-alcohol motifs (C(OH)–C–C–N with tert-alkyl or cyclic N) is 1. The van der Waals surface area contributed by atoms with Gasteiger partial charge in [-0.05, 0) is 76.1 Å². The van der Waals surface area contributed by atoms with Crippen LogP contribution in [0.2, 0.25) is 0 Å². The average Bonchev–Trinajstić information content (AvgIpc) is 3.93. The molecule has 6 rings (SSSR count). The summed E-state index contributed by atoms with van der Waals surface area (Å²) in [7, 11) is 0. The van der Waals surface area contributed by atoms with Gasteiger partial charge in [0.25, 0.3) is 11.8 Å². The van der Waals surface area contributed by atoms with Gasteiger partial charge >= 0.3 is 0 Å². The Morgan fingerprint density at radius 1 is 1.02 bits per heavy atom. The molecule has 0 radical (unpaired) electrons. The third-order valence-corrected chi connectivity index (χ3v) is 10.2. The highest BCUT2D eigenvalue weighted by Crippen LogP contribution is 2.34. The van der Waals surface area contributed by atoms with Crippen molar-refractivity contribution in [1.82, 2.24) is 30.7 Å². The Hall–Kier alpha value is -5.52. The molecule has 0 aliphatic carbocycles. The normalized spacial score (nSPS) is 17.2. The number of rotatable bonds is 13. The van der Waals surface area contributed by atoms with Gasteiger partial charge in [0.05, 0.1) is 52.1 Å². The summed E-state index contributed by atoms with van der Waals surface area (Å²) in [4.78, 5) is 89.7. The molecule has 4 N–H and O–H groups in total. The SMILES string of the molecule is CC(C)C.CC(C)OCC(=O)NCC(=O)N1CCC(O)C1.CCC(C)Oc1cccc2c1C(=O)N(C1CCC(=O)NC1=O)C2=O.Cc1ncsc1-c1ccc(CNC=O)cc1. The molecule has 2 fully saturated rings. The minimum atomic E-state index is -0.966. The van der Waals surface area contributed by atoms with E-state index in [1.165, 1.54) is 10.4 Å². The predicted molar refractivity (Wildman–Crippen MR) is 230 cm³/mol. The van der Waals surface area contributed by atoms with Gasteiger partial charge in [0.2, 0.25) is 30.0 Å². The maximum absolute atomic E-state index is 12.8. The van der Waals surface area contributed by atoms with E-state index in [2.05, 4.69) is 53.8 Å². The molecule has 3 aliphatic rings. The quantitative estimate of drug-likeness (QED) is 0.140. The van der Waals surface area contributed by atoms with Gasteiger partial charge in [0.15, 0.2) is 0 Å². The number of carbonyl (C=O) groups excluding carboxylic acids is 7. The standard InChI is InChI=1S/C17H18N2O5.C12H12N2OS.C11H20N2O4.C4H10/c1-3-9(2)24-12-6-4-5-10-14(12)17(23)19(16(10)22)11-7-8-13(20)18-15(11)21;1-9-12(16-8-14-9)11-4-2-10(3-5-11)6-13-7-15;1-8(2)17-7-10(15)12-5-11(16)13-4-3-9(14)6-13;1-4(2)3/h4-6,9,11H,3,7-8H2,1-2H3,(H,18,20,21);2-5,7-8H,6H2,1H3,(H,13,15);8-9,14H,3-7H2,1-2H3,(H,12,15);4H,1-3H3. The number of aromatic nitrogens is 1. The molecule has 3 atom stereocenters. The van der Waals surface area contributed by atoms with Crippen LogP contribution in [0.5, 0.6) is 5.75 Å². The molecule has 16 nitrogen and oxygen atoms in total. The van der Waals surface area contributed by atoms with Gasteiger partial charge in [-0.1, -0.05) is 58.0 Å². The minimum absolute atomic E-state index is 0.00909. The van der Waals surface area contributed by atoms with Crippen LogP contribution in [0.15, 0.2) is 48.0 Å². The van der Waals surface area contributed by atoms with E-state index < -0.39 is 35.8 Å². The molecule has 17 heteroatoms. The number of benzene rings is 2. The zero-order valence-corrected chi connectivity index (χ0v) is 37.1. The van der Waals surface area contributed by atoms with E-state index in [0.717, 1.165) is 28.5 Å². The number of nitrogens with one attached hydrogen (secondary N) is 3. The van der Waals surface area contributed by atoms with Crippen molar-refractivity contribution in [3.63, 3.8) is 0 Å². The number of amides is 7. The number of aryl methyl sites for hydroxylation is 1. The van der Waals surface area contributed by atoms with Gasteiger partial charge in [-0.25, -0.2) is 4.98 Å². The molecule has 4 heterocycles. The Balaban J connectivity index is 0.000000239. The van der Waals surface area contributed by atoms with E-state index in [9.17, 15) is 38.7 Å². The molecule has 3 unspecified atom stereocenters. The smallest absolute Gasteiger partial charge is 0.266 e. The van der Waals surface area contributed by atoms with E-state index in [0.29, 0.717) is 38.2 Å². The molecule has 3 aliphatic heterocycles. The maximum atomic E-state index is 12.8. The van der Waals surface area contributed by atoms with Crippen molar-refractivity contribution in [3.8, 4) is 16.2 Å². The molecule has 0 bridgehead atoms. The number of aliphatic hydroxyl groups excluding tert-OH is 1. The number of thiazole rings is 1. The lowest BCUT2D eigenvalue weighted by Crippen LogP contribution is -2.54. The molecule has 332 valence electrons. The monoisotopic (exact) mass is 864 g/mol. The van der Waals surface area contributed by atoms with E-state index in [1.807, 2.05) is 52.3 Å². The predicted octanol–water partition coefficient (Wildman–Crippen LogP) is 4.41. The second-order valence-corrected chi connectivity index (χ2v) is 16.4. The summed E-state index contributed by atoms with van der Waals surface area (Å²) >= 11 is 1.64. The first kappa shape index (κ1) is 49.8. The Labute approximate surface area is 361 Å². The number of carbonyl (C=O) groups is 7. The van der Waals surface area contributed by atoms with Crippen LogP contribution in [0.1, 0.15) is 106 Å². The highest BCUT2D eigenvalue weighted by Gasteiger charge is 2.46. The summed E-state index contributed by atoms with van der Waals surface area (Å²) in [6.45, 7) is 17.4. The van der Waals surface area contributed by atoms with Crippen molar-refractivity contribution < 1.29 is 48.1 Å². The molecule has 7 amide bonds. The lowest BCUT2D eigenvalue weighted by atomic mass is 10.0. The summed E-state index contributed by atoms with van der Waals surface area (Å²) in [6.07, 6.45) is 1.76. The number of hydrogen-bond acceptors (Lipinski definition) is 12. The number of likely N-dealkylation sites (tertiary alicyclic amines) is 1. The van der Waals surface area contributed by atoms with Crippen LogP contribution in [0.25, 0.3) is 10.4 Å². The second kappa shape index (κ2) is 24.7. The number of aliphatic hydroxyl groups is 1. The van der Waals surface area contributed by atoms with Crippen molar-refractivity contribution in [3.05, 3.63) is 70.4 Å². The van der Waals surface area contributed by atoms with Crippen LogP contribution in [0.4, 0.5) is 0 Å². The molecule has 1 aromatic heterocycles. The zero-order chi connectivity index (χ0) is 45.2. The van der Waals surface area contributed by atoms with Crippen LogP contribution in [0, 0.1) is 12.8 Å². The zero-order valence-electron chi connectivity index (χ0n) is 36.3. The molecular weight excluding hydrogens is 805 g/mol. The van der Waals surface area contributed by atoms with Crippen LogP contribution >= 0.6 is 11.3 Å². The van der Waals surface area contributed by atoms with E-state index in [1.54, 1.807) is 34.4 Å². The maximum Gasteiger partial charge on any atom is 0.266 e. The fraction of sp³-hybridized carbons (Fsp3) is 0.500. The van der Waals surface area contributed by atoms with Gasteiger partial charge in [-0.15, -0.1) is 11.3 Å². The lowest BCUT2D eigenvalue weighted by molar-refractivity contribution is -0.136. The number of nitrogens with zero attached hydrogens (tertiary/aromatic N) is 3. The third-order valence-electron chi connectivity index (χ3n) is 9.18. The van der Waals surface area contributed by atoms with E-state index in [4.69, 9.17) is 9.47 Å². The topological polar surface area (TPSA) is 214 Å². The second-order valence-electron chi connectivity index (χ2n) is 15.6. The molecule has 2 aromatic carbocycles. The minimum Gasteiger partial charge on any atom is -0.490 e. The molecule has 0 spiro atoms. The molecular formula is C44H60N6O10S. The first-order valence-electron chi connectivity index (χ1n) is 20.5. The van der Waals surface area contributed by atoms with Crippen molar-refractivity contribution in [2.45, 2.75) is 112 Å². The van der Waals surface area contributed by atoms with Gasteiger partial charge in [0.1, 0.15) is 18.4 Å². The summed E-state index contributed by atoms with van der Waals surface area (Å²) in [6, 6.07) is 12.0. The van der Waals surface area contributed by atoms with Crippen LogP contribution in [0.3, 0.4) is 0 Å². The van der Waals surface area contributed by atoms with Crippen LogP contribution < -0.4 is 20.7 Å². The first-order chi connectivity index (χ1) is 29.0. The van der Waals surface area contributed by atoms with Gasteiger partial charge in [-0.3, -0.25) is 43.8 Å². The Morgan fingerprint density at radius 3 is 2.26 bits per heavy atom. The summed E-state index contributed by atoms with van der Waals surface area (Å²) < 4.78 is 10.9. The average molecular weight is 865 g/mol. The fourth-order valence-electron chi connectivity index (χ4n) is 5.94. The first-order valence-corrected chi connectivity index (χ1v) is 21.4. The van der Waals surface area contributed by atoms with Crippen LogP contribution in [-0.2, 0) is 35.3 Å². The van der Waals surface area contributed by atoms with E-state index >= 15 is 0 Å². The highest BCUT2D eigenvalue weighted by atomic mass is 32.1. The summed E-state index contributed by atoms with van der Waals surface area (Å²) in [5, 5.41) is 16.6. The van der Waals surface area contributed by atoms with Crippen LogP contribution in [-0.4, -0.2) is 112 Å². The highest BCUT2D eigenvalue weighted by molar-refractivity contribution is 7.13. The summed E-state index contributed by atoms with van der Waals surface area (Å²) in [5.41, 5.74) is 5.60.